The SMILES string of the molecule is CN(C)CCCC(=O)NC12CC3CC(CC(C3)C1)C2. The summed E-state index contributed by atoms with van der Waals surface area (Å²) in [6.45, 7) is 1.01. The molecule has 108 valence electrons. The first-order chi connectivity index (χ1) is 9.05. The molecular weight excluding hydrogens is 236 g/mol. The Bertz CT molecular complexity index is 315. The summed E-state index contributed by atoms with van der Waals surface area (Å²) in [6.07, 6.45) is 9.78. The molecular formula is C16H28N2O. The van der Waals surface area contributed by atoms with Crippen molar-refractivity contribution in [3.8, 4) is 0 Å². The first kappa shape index (κ1) is 13.4. The van der Waals surface area contributed by atoms with Gasteiger partial charge in [-0.15, -0.1) is 0 Å². The lowest BCUT2D eigenvalue weighted by Crippen LogP contribution is -2.59. The van der Waals surface area contributed by atoms with Gasteiger partial charge in [0.05, 0.1) is 0 Å². The fraction of sp³-hybridized carbons (Fsp3) is 0.938. The molecule has 0 aromatic heterocycles. The monoisotopic (exact) mass is 264 g/mol. The molecule has 4 bridgehead atoms. The van der Waals surface area contributed by atoms with Gasteiger partial charge < -0.3 is 10.2 Å². The minimum Gasteiger partial charge on any atom is -0.351 e. The number of hydrogen-bond donors (Lipinski definition) is 1. The van der Waals surface area contributed by atoms with Crippen LogP contribution in [0.2, 0.25) is 0 Å². The maximum absolute atomic E-state index is 12.2. The van der Waals surface area contributed by atoms with Crippen molar-refractivity contribution in [2.24, 2.45) is 17.8 Å². The Kier molecular flexibility index (Phi) is 3.59. The predicted molar refractivity (Wildman–Crippen MR) is 76.8 cm³/mol. The van der Waals surface area contributed by atoms with E-state index < -0.39 is 0 Å². The van der Waals surface area contributed by atoms with Gasteiger partial charge >= 0.3 is 0 Å². The summed E-state index contributed by atoms with van der Waals surface area (Å²) >= 11 is 0. The first-order valence-electron chi connectivity index (χ1n) is 8.00. The number of nitrogens with one attached hydrogen (secondary N) is 1. The molecule has 1 N–H and O–H groups in total. The fourth-order valence-corrected chi connectivity index (χ4v) is 5.18. The quantitative estimate of drug-likeness (QED) is 0.827. The third kappa shape index (κ3) is 2.96. The second-order valence-corrected chi connectivity index (χ2v) is 7.65. The van der Waals surface area contributed by atoms with Gasteiger partial charge in [-0.25, -0.2) is 0 Å². The highest BCUT2D eigenvalue weighted by atomic mass is 16.1. The van der Waals surface area contributed by atoms with Gasteiger partial charge in [0.1, 0.15) is 0 Å². The molecule has 4 aliphatic rings. The van der Waals surface area contributed by atoms with Gasteiger partial charge in [0.25, 0.3) is 0 Å². The van der Waals surface area contributed by atoms with Crippen LogP contribution < -0.4 is 5.32 Å². The van der Waals surface area contributed by atoms with Crippen LogP contribution in [0.25, 0.3) is 0 Å². The smallest absolute Gasteiger partial charge is 0.220 e. The summed E-state index contributed by atoms with van der Waals surface area (Å²) < 4.78 is 0. The van der Waals surface area contributed by atoms with E-state index in [1.54, 1.807) is 0 Å². The molecule has 0 aromatic carbocycles. The number of carbonyl (C=O) groups is 1. The van der Waals surface area contributed by atoms with Crippen molar-refractivity contribution in [1.29, 1.82) is 0 Å². The van der Waals surface area contributed by atoms with Gasteiger partial charge in [0.2, 0.25) is 5.91 Å². The Labute approximate surface area is 117 Å². The predicted octanol–water partition coefficient (Wildman–Crippen LogP) is 2.41. The van der Waals surface area contributed by atoms with Crippen molar-refractivity contribution < 1.29 is 4.79 Å². The van der Waals surface area contributed by atoms with E-state index in [4.69, 9.17) is 0 Å². The summed E-state index contributed by atoms with van der Waals surface area (Å²) in [5.41, 5.74) is 0.198. The van der Waals surface area contributed by atoms with Gasteiger partial charge in [-0.2, -0.15) is 0 Å². The third-order valence-electron chi connectivity index (χ3n) is 5.45. The van der Waals surface area contributed by atoms with Gasteiger partial charge in [0, 0.05) is 12.0 Å². The molecule has 0 heterocycles. The zero-order valence-corrected chi connectivity index (χ0v) is 12.5. The minimum atomic E-state index is 0.198. The Hall–Kier alpha value is -0.570. The molecule has 4 fully saturated rings. The van der Waals surface area contributed by atoms with Crippen LogP contribution in [0.1, 0.15) is 51.4 Å². The van der Waals surface area contributed by atoms with E-state index in [1.807, 2.05) is 0 Å². The van der Waals surface area contributed by atoms with Crippen molar-refractivity contribution in [3.05, 3.63) is 0 Å². The highest BCUT2D eigenvalue weighted by molar-refractivity contribution is 5.76. The Morgan fingerprint density at radius 1 is 1.11 bits per heavy atom. The lowest BCUT2D eigenvalue weighted by molar-refractivity contribution is -0.127. The van der Waals surface area contributed by atoms with E-state index >= 15 is 0 Å². The molecule has 0 radical (unpaired) electrons. The summed E-state index contributed by atoms with van der Waals surface area (Å²) in [4.78, 5) is 14.3. The lowest BCUT2D eigenvalue weighted by atomic mass is 9.53. The van der Waals surface area contributed by atoms with Crippen LogP contribution in [0.5, 0.6) is 0 Å². The summed E-state index contributed by atoms with van der Waals surface area (Å²) in [7, 11) is 4.13. The third-order valence-corrected chi connectivity index (χ3v) is 5.45. The van der Waals surface area contributed by atoms with Crippen molar-refractivity contribution in [3.63, 3.8) is 0 Å². The van der Waals surface area contributed by atoms with Crippen LogP contribution in [0, 0.1) is 17.8 Å². The zero-order valence-electron chi connectivity index (χ0n) is 12.5. The van der Waals surface area contributed by atoms with Crippen molar-refractivity contribution in [2.75, 3.05) is 20.6 Å². The van der Waals surface area contributed by atoms with Crippen LogP contribution in [0.3, 0.4) is 0 Å². The molecule has 19 heavy (non-hydrogen) atoms. The van der Waals surface area contributed by atoms with Crippen LogP contribution in [-0.2, 0) is 4.79 Å². The van der Waals surface area contributed by atoms with E-state index in [2.05, 4.69) is 24.3 Å². The number of hydrogen-bond acceptors (Lipinski definition) is 2. The van der Waals surface area contributed by atoms with E-state index in [0.29, 0.717) is 12.3 Å². The molecule has 0 atom stereocenters. The van der Waals surface area contributed by atoms with Crippen LogP contribution in [0.15, 0.2) is 0 Å². The second kappa shape index (κ2) is 5.08. The number of rotatable bonds is 5. The average Bonchev–Trinajstić information content (AvgIpc) is 2.25. The summed E-state index contributed by atoms with van der Waals surface area (Å²) in [5.74, 6) is 3.03. The molecule has 0 aromatic rings. The van der Waals surface area contributed by atoms with Crippen LogP contribution in [-0.4, -0.2) is 37.0 Å². The molecule has 0 spiro atoms. The Morgan fingerprint density at radius 3 is 2.11 bits per heavy atom. The maximum atomic E-state index is 12.2. The van der Waals surface area contributed by atoms with Gasteiger partial charge in [-0.3, -0.25) is 4.79 Å². The normalized spacial score (nSPS) is 39.8. The van der Waals surface area contributed by atoms with E-state index in [0.717, 1.165) is 30.7 Å². The second-order valence-electron chi connectivity index (χ2n) is 7.65. The van der Waals surface area contributed by atoms with Crippen LogP contribution in [0.4, 0.5) is 0 Å². The molecule has 0 unspecified atom stereocenters. The number of amides is 1. The number of nitrogens with zero attached hydrogens (tertiary/aromatic N) is 1. The van der Waals surface area contributed by atoms with E-state index in [9.17, 15) is 4.79 Å². The zero-order chi connectivity index (χ0) is 13.5. The van der Waals surface area contributed by atoms with Crippen molar-refractivity contribution in [1.82, 2.24) is 10.2 Å². The highest BCUT2D eigenvalue weighted by Gasteiger charge is 2.51. The van der Waals surface area contributed by atoms with Gasteiger partial charge in [0.15, 0.2) is 0 Å². The average molecular weight is 264 g/mol. The lowest BCUT2D eigenvalue weighted by Gasteiger charge is -2.56. The van der Waals surface area contributed by atoms with E-state index in [1.165, 1.54) is 38.5 Å². The van der Waals surface area contributed by atoms with Gasteiger partial charge in [-0.1, -0.05) is 0 Å². The largest absolute Gasteiger partial charge is 0.351 e. The van der Waals surface area contributed by atoms with Gasteiger partial charge in [-0.05, 0) is 83.3 Å². The summed E-state index contributed by atoms with van der Waals surface area (Å²) in [5, 5.41) is 3.44. The fourth-order valence-electron chi connectivity index (χ4n) is 5.18. The molecule has 4 aliphatic carbocycles. The van der Waals surface area contributed by atoms with Crippen molar-refractivity contribution >= 4 is 5.91 Å². The molecule has 3 nitrogen and oxygen atoms in total. The molecule has 4 saturated carbocycles. The maximum Gasteiger partial charge on any atom is 0.220 e. The summed E-state index contributed by atoms with van der Waals surface area (Å²) in [6, 6.07) is 0. The highest BCUT2D eigenvalue weighted by Crippen LogP contribution is 2.55. The topological polar surface area (TPSA) is 32.3 Å². The molecule has 3 heteroatoms. The molecule has 0 saturated heterocycles. The Morgan fingerprint density at radius 2 is 1.63 bits per heavy atom. The van der Waals surface area contributed by atoms with E-state index in [-0.39, 0.29) is 5.54 Å². The first-order valence-corrected chi connectivity index (χ1v) is 8.00. The standard InChI is InChI=1S/C16H28N2O/c1-18(2)5-3-4-15(19)17-16-9-12-6-13(10-16)8-14(7-12)11-16/h12-14H,3-11H2,1-2H3,(H,17,19). The minimum absolute atomic E-state index is 0.198. The van der Waals surface area contributed by atoms with Crippen molar-refractivity contribution in [2.45, 2.75) is 56.9 Å². The Balaban J connectivity index is 1.53. The van der Waals surface area contributed by atoms with Crippen LogP contribution >= 0.6 is 0 Å². The molecule has 0 aliphatic heterocycles. The molecule has 4 rings (SSSR count). The number of carbonyl (C=O) groups excluding carboxylic acids is 1. The molecule has 1 amide bonds.